The highest BCUT2D eigenvalue weighted by atomic mass is 16.6. The monoisotopic (exact) mass is 259 g/mol. The Balaban J connectivity index is 4.53. The molecule has 0 aromatic carbocycles. The standard InChI is InChI=1S/C14H29NO3/c1-8-10(2)13(15-6)11(17-7)9-12(16)18-14(3,4)5/h10-11,13,15H,8-9H2,1-7H3/t10-,11+,13-/m0/s1. The molecule has 0 spiro atoms. The van der Waals surface area contributed by atoms with E-state index in [4.69, 9.17) is 9.47 Å². The normalized spacial score (nSPS) is 17.1. The minimum absolute atomic E-state index is 0.153. The molecule has 0 fully saturated rings. The maximum atomic E-state index is 11.8. The second kappa shape index (κ2) is 7.74. The van der Waals surface area contributed by atoms with Crippen molar-refractivity contribution < 1.29 is 14.3 Å². The molecule has 18 heavy (non-hydrogen) atoms. The Morgan fingerprint density at radius 3 is 2.22 bits per heavy atom. The van der Waals surface area contributed by atoms with Crippen LogP contribution < -0.4 is 5.32 Å². The number of carbonyl (C=O) groups is 1. The highest BCUT2D eigenvalue weighted by molar-refractivity contribution is 5.70. The molecule has 0 amide bonds. The SMILES string of the molecule is CC[C@H](C)[C@H](NC)[C@@H](CC(=O)OC(C)(C)C)OC. The summed E-state index contributed by atoms with van der Waals surface area (Å²) in [6, 6.07) is 0.160. The van der Waals surface area contributed by atoms with Gasteiger partial charge in [0.25, 0.3) is 0 Å². The highest BCUT2D eigenvalue weighted by Gasteiger charge is 2.28. The molecule has 0 aliphatic rings. The predicted octanol–water partition coefficient (Wildman–Crippen LogP) is 2.37. The molecule has 0 unspecified atom stereocenters. The molecule has 0 aliphatic heterocycles. The quantitative estimate of drug-likeness (QED) is 0.713. The summed E-state index contributed by atoms with van der Waals surface area (Å²) in [6.07, 6.45) is 1.17. The van der Waals surface area contributed by atoms with Crippen LogP contribution in [0.15, 0.2) is 0 Å². The van der Waals surface area contributed by atoms with Crippen molar-refractivity contribution in [3.63, 3.8) is 0 Å². The molecular weight excluding hydrogens is 230 g/mol. The van der Waals surface area contributed by atoms with Crippen molar-refractivity contribution in [3.05, 3.63) is 0 Å². The number of nitrogens with one attached hydrogen (secondary N) is 1. The van der Waals surface area contributed by atoms with Gasteiger partial charge in [0, 0.05) is 13.2 Å². The van der Waals surface area contributed by atoms with Gasteiger partial charge in [-0.2, -0.15) is 0 Å². The van der Waals surface area contributed by atoms with Gasteiger partial charge >= 0.3 is 5.97 Å². The van der Waals surface area contributed by atoms with E-state index in [0.29, 0.717) is 5.92 Å². The van der Waals surface area contributed by atoms with Gasteiger partial charge in [-0.05, 0) is 33.7 Å². The summed E-state index contributed by atoms with van der Waals surface area (Å²) in [5, 5.41) is 3.24. The molecule has 0 rings (SSSR count). The topological polar surface area (TPSA) is 47.6 Å². The van der Waals surface area contributed by atoms with Gasteiger partial charge < -0.3 is 14.8 Å². The van der Waals surface area contributed by atoms with Gasteiger partial charge in [0.05, 0.1) is 12.5 Å². The van der Waals surface area contributed by atoms with Crippen LogP contribution in [0.4, 0.5) is 0 Å². The number of likely N-dealkylation sites (N-methyl/N-ethyl adjacent to an activating group) is 1. The number of esters is 1. The molecule has 0 heterocycles. The fourth-order valence-electron chi connectivity index (χ4n) is 2.00. The van der Waals surface area contributed by atoms with Gasteiger partial charge in [-0.3, -0.25) is 4.79 Å². The predicted molar refractivity (Wildman–Crippen MR) is 73.6 cm³/mol. The molecule has 4 heteroatoms. The summed E-state index contributed by atoms with van der Waals surface area (Å²) < 4.78 is 10.8. The van der Waals surface area contributed by atoms with E-state index in [0.717, 1.165) is 6.42 Å². The average Bonchev–Trinajstić information content (AvgIpc) is 2.25. The van der Waals surface area contributed by atoms with Gasteiger partial charge in [0.15, 0.2) is 0 Å². The first kappa shape index (κ1) is 17.4. The minimum Gasteiger partial charge on any atom is -0.460 e. The third-order valence-electron chi connectivity index (χ3n) is 3.08. The first-order chi connectivity index (χ1) is 8.25. The van der Waals surface area contributed by atoms with E-state index >= 15 is 0 Å². The van der Waals surface area contributed by atoms with E-state index in [1.54, 1.807) is 7.11 Å². The van der Waals surface area contributed by atoms with Crippen molar-refractivity contribution >= 4 is 5.97 Å². The van der Waals surface area contributed by atoms with E-state index in [9.17, 15) is 4.79 Å². The number of ether oxygens (including phenoxy) is 2. The molecule has 0 saturated carbocycles. The van der Waals surface area contributed by atoms with E-state index < -0.39 is 5.60 Å². The molecule has 4 nitrogen and oxygen atoms in total. The summed E-state index contributed by atoms with van der Waals surface area (Å²) in [5.74, 6) is 0.236. The fraction of sp³-hybridized carbons (Fsp3) is 0.929. The lowest BCUT2D eigenvalue weighted by Gasteiger charge is -2.30. The van der Waals surface area contributed by atoms with Crippen molar-refractivity contribution in [2.24, 2.45) is 5.92 Å². The number of rotatable bonds is 7. The number of hydrogen-bond acceptors (Lipinski definition) is 4. The molecular formula is C14H29NO3. The van der Waals surface area contributed by atoms with Gasteiger partial charge in [0.2, 0.25) is 0 Å². The fourth-order valence-corrected chi connectivity index (χ4v) is 2.00. The molecule has 1 N–H and O–H groups in total. The second-order valence-electron chi connectivity index (χ2n) is 5.76. The average molecular weight is 259 g/mol. The molecule has 0 saturated heterocycles. The van der Waals surface area contributed by atoms with Crippen LogP contribution in [0.5, 0.6) is 0 Å². The molecule has 0 bridgehead atoms. The molecule has 0 aliphatic carbocycles. The van der Waals surface area contributed by atoms with Crippen LogP contribution >= 0.6 is 0 Å². The largest absolute Gasteiger partial charge is 0.460 e. The molecule has 108 valence electrons. The van der Waals surface area contributed by atoms with Gasteiger partial charge in [-0.25, -0.2) is 0 Å². The molecule has 3 atom stereocenters. The molecule has 0 aromatic rings. The lowest BCUT2D eigenvalue weighted by Crippen LogP contribution is -2.45. The lowest BCUT2D eigenvalue weighted by atomic mass is 9.92. The first-order valence-corrected chi connectivity index (χ1v) is 6.67. The van der Waals surface area contributed by atoms with Crippen LogP contribution in [0.2, 0.25) is 0 Å². The van der Waals surface area contributed by atoms with Crippen molar-refractivity contribution in [3.8, 4) is 0 Å². The van der Waals surface area contributed by atoms with Gasteiger partial charge in [-0.15, -0.1) is 0 Å². The zero-order valence-electron chi connectivity index (χ0n) is 12.9. The van der Waals surface area contributed by atoms with Crippen LogP contribution in [0.1, 0.15) is 47.5 Å². The van der Waals surface area contributed by atoms with Crippen molar-refractivity contribution in [1.29, 1.82) is 0 Å². The Morgan fingerprint density at radius 1 is 1.33 bits per heavy atom. The Morgan fingerprint density at radius 2 is 1.89 bits per heavy atom. The second-order valence-corrected chi connectivity index (χ2v) is 5.76. The Hall–Kier alpha value is -0.610. The third-order valence-corrected chi connectivity index (χ3v) is 3.08. The van der Waals surface area contributed by atoms with Crippen LogP contribution in [0.25, 0.3) is 0 Å². The third kappa shape index (κ3) is 6.36. The summed E-state index contributed by atoms with van der Waals surface area (Å²) in [4.78, 5) is 11.8. The summed E-state index contributed by atoms with van der Waals surface area (Å²) in [7, 11) is 3.54. The van der Waals surface area contributed by atoms with Crippen LogP contribution in [0, 0.1) is 5.92 Å². The zero-order chi connectivity index (χ0) is 14.3. The van der Waals surface area contributed by atoms with E-state index in [-0.39, 0.29) is 24.5 Å². The van der Waals surface area contributed by atoms with Crippen molar-refractivity contribution in [2.45, 2.75) is 65.2 Å². The van der Waals surface area contributed by atoms with Crippen LogP contribution in [-0.2, 0) is 14.3 Å². The number of hydrogen-bond donors (Lipinski definition) is 1. The van der Waals surface area contributed by atoms with Crippen LogP contribution in [-0.4, -0.2) is 37.9 Å². The Kier molecular flexibility index (Phi) is 7.48. The Labute approximate surface area is 111 Å². The first-order valence-electron chi connectivity index (χ1n) is 6.67. The van der Waals surface area contributed by atoms with E-state index in [1.165, 1.54) is 0 Å². The summed E-state index contributed by atoms with van der Waals surface area (Å²) in [6.45, 7) is 9.91. The maximum absolute atomic E-state index is 11.8. The smallest absolute Gasteiger partial charge is 0.309 e. The van der Waals surface area contributed by atoms with Crippen molar-refractivity contribution in [1.82, 2.24) is 5.32 Å². The minimum atomic E-state index is -0.444. The molecule has 0 radical (unpaired) electrons. The lowest BCUT2D eigenvalue weighted by molar-refractivity contribution is -0.158. The Bertz CT molecular complexity index is 248. The summed E-state index contributed by atoms with van der Waals surface area (Å²) >= 11 is 0. The van der Waals surface area contributed by atoms with E-state index in [1.807, 2.05) is 27.8 Å². The maximum Gasteiger partial charge on any atom is 0.309 e. The highest BCUT2D eigenvalue weighted by Crippen LogP contribution is 2.18. The van der Waals surface area contributed by atoms with Gasteiger partial charge in [-0.1, -0.05) is 20.3 Å². The number of methoxy groups -OCH3 is 1. The van der Waals surface area contributed by atoms with Gasteiger partial charge in [0.1, 0.15) is 5.60 Å². The van der Waals surface area contributed by atoms with Crippen molar-refractivity contribution in [2.75, 3.05) is 14.2 Å². The van der Waals surface area contributed by atoms with Crippen LogP contribution in [0.3, 0.4) is 0 Å². The number of carbonyl (C=O) groups excluding carboxylic acids is 1. The molecule has 0 aromatic heterocycles. The zero-order valence-corrected chi connectivity index (χ0v) is 12.9. The summed E-state index contributed by atoms with van der Waals surface area (Å²) in [5.41, 5.74) is -0.444. The van der Waals surface area contributed by atoms with E-state index in [2.05, 4.69) is 19.2 Å².